The molecule has 7 heteroatoms. The van der Waals surface area contributed by atoms with Crippen LogP contribution in [0.3, 0.4) is 0 Å². The third-order valence-electron chi connectivity index (χ3n) is 3.75. The van der Waals surface area contributed by atoms with Crippen LogP contribution in [0, 0.1) is 6.92 Å². The van der Waals surface area contributed by atoms with E-state index in [0.29, 0.717) is 22.8 Å². The summed E-state index contributed by atoms with van der Waals surface area (Å²) in [6.45, 7) is 1.89. The normalized spacial score (nSPS) is 11.4. The van der Waals surface area contributed by atoms with Gasteiger partial charge >= 0.3 is 0 Å². The predicted molar refractivity (Wildman–Crippen MR) is 93.7 cm³/mol. The van der Waals surface area contributed by atoms with Gasteiger partial charge in [0, 0.05) is 18.8 Å². The number of ether oxygens (including phenoxy) is 1. The summed E-state index contributed by atoms with van der Waals surface area (Å²) in [6.07, 6.45) is 3.19. The molecule has 0 amide bonds. The van der Waals surface area contributed by atoms with Gasteiger partial charge in [-0.05, 0) is 48.4 Å². The van der Waals surface area contributed by atoms with Crippen molar-refractivity contribution in [1.29, 1.82) is 0 Å². The Balaban J connectivity index is 1.80. The zero-order valence-electron chi connectivity index (χ0n) is 13.9. The molecule has 1 N–H and O–H groups in total. The van der Waals surface area contributed by atoms with E-state index >= 15 is 0 Å². The van der Waals surface area contributed by atoms with Crippen molar-refractivity contribution in [2.45, 2.75) is 18.4 Å². The van der Waals surface area contributed by atoms with Crippen molar-refractivity contribution in [3.05, 3.63) is 66.1 Å². The maximum Gasteiger partial charge on any atom is 0.241 e. The largest absolute Gasteiger partial charge is 0.497 e. The summed E-state index contributed by atoms with van der Waals surface area (Å²) in [5, 5.41) is 0. The standard InChI is InChI=1S/C18H18N2O4S/c1-13-5-6-15(23-2)11-18(13)25(21,22)20-12-14-7-8-19-16(10-14)17-4-3-9-24-17/h3-11,20H,12H2,1-2H3. The molecule has 25 heavy (non-hydrogen) atoms. The van der Waals surface area contributed by atoms with E-state index < -0.39 is 10.0 Å². The number of aryl methyl sites for hydroxylation is 1. The van der Waals surface area contributed by atoms with Crippen molar-refractivity contribution in [3.8, 4) is 17.2 Å². The first-order chi connectivity index (χ1) is 12.0. The molecule has 1 aromatic carbocycles. The van der Waals surface area contributed by atoms with Gasteiger partial charge in [-0.25, -0.2) is 13.1 Å². The second-order valence-electron chi connectivity index (χ2n) is 5.48. The second-order valence-corrected chi connectivity index (χ2v) is 7.22. The molecule has 0 aliphatic rings. The molecule has 0 fully saturated rings. The fraction of sp³-hybridized carbons (Fsp3) is 0.167. The lowest BCUT2D eigenvalue weighted by Crippen LogP contribution is -2.24. The van der Waals surface area contributed by atoms with E-state index in [1.165, 1.54) is 13.2 Å². The number of methoxy groups -OCH3 is 1. The topological polar surface area (TPSA) is 81.4 Å². The number of hydrogen-bond donors (Lipinski definition) is 1. The molecule has 3 aromatic rings. The van der Waals surface area contributed by atoms with E-state index in [2.05, 4.69) is 9.71 Å². The summed E-state index contributed by atoms with van der Waals surface area (Å²) >= 11 is 0. The minimum Gasteiger partial charge on any atom is -0.497 e. The Labute approximate surface area is 146 Å². The molecule has 0 atom stereocenters. The van der Waals surface area contributed by atoms with Gasteiger partial charge in [-0.1, -0.05) is 6.07 Å². The molecule has 0 saturated heterocycles. The molecular weight excluding hydrogens is 340 g/mol. The van der Waals surface area contributed by atoms with E-state index in [0.717, 1.165) is 5.56 Å². The van der Waals surface area contributed by atoms with Crippen molar-refractivity contribution in [3.63, 3.8) is 0 Å². The van der Waals surface area contributed by atoms with Crippen LogP contribution in [0.5, 0.6) is 5.75 Å². The highest BCUT2D eigenvalue weighted by atomic mass is 32.2. The maximum atomic E-state index is 12.6. The Hall–Kier alpha value is -2.64. The van der Waals surface area contributed by atoms with Gasteiger partial charge in [-0.3, -0.25) is 4.98 Å². The predicted octanol–water partition coefficient (Wildman–Crippen LogP) is 3.14. The number of pyridine rings is 1. The summed E-state index contributed by atoms with van der Waals surface area (Å²) in [5.74, 6) is 1.13. The Morgan fingerprint density at radius 1 is 1.20 bits per heavy atom. The average Bonchev–Trinajstić information content (AvgIpc) is 3.15. The van der Waals surface area contributed by atoms with E-state index in [9.17, 15) is 8.42 Å². The zero-order chi connectivity index (χ0) is 17.9. The highest BCUT2D eigenvalue weighted by Crippen LogP contribution is 2.22. The van der Waals surface area contributed by atoms with Crippen LogP contribution < -0.4 is 9.46 Å². The molecule has 0 aliphatic carbocycles. The highest BCUT2D eigenvalue weighted by Gasteiger charge is 2.17. The number of hydrogen-bond acceptors (Lipinski definition) is 5. The summed E-state index contributed by atoms with van der Waals surface area (Å²) in [5.41, 5.74) is 2.09. The van der Waals surface area contributed by atoms with Crippen LogP contribution in [0.4, 0.5) is 0 Å². The summed E-state index contributed by atoms with van der Waals surface area (Å²) in [4.78, 5) is 4.43. The van der Waals surface area contributed by atoms with Gasteiger partial charge in [0.15, 0.2) is 5.76 Å². The lowest BCUT2D eigenvalue weighted by atomic mass is 10.2. The van der Waals surface area contributed by atoms with Crippen LogP contribution in [0.2, 0.25) is 0 Å². The van der Waals surface area contributed by atoms with Crippen LogP contribution in [0.25, 0.3) is 11.5 Å². The van der Waals surface area contributed by atoms with Gasteiger partial charge in [0.25, 0.3) is 0 Å². The first kappa shape index (κ1) is 17.2. The molecule has 2 aromatic heterocycles. The molecule has 0 radical (unpaired) electrons. The average molecular weight is 358 g/mol. The molecule has 2 heterocycles. The molecule has 130 valence electrons. The smallest absolute Gasteiger partial charge is 0.241 e. The lowest BCUT2D eigenvalue weighted by molar-refractivity contribution is 0.413. The number of aromatic nitrogens is 1. The van der Waals surface area contributed by atoms with Crippen molar-refractivity contribution in [2.24, 2.45) is 0 Å². The van der Waals surface area contributed by atoms with E-state index in [-0.39, 0.29) is 11.4 Å². The molecule has 0 saturated carbocycles. The number of nitrogens with one attached hydrogen (secondary N) is 1. The van der Waals surface area contributed by atoms with E-state index in [1.807, 2.05) is 0 Å². The van der Waals surface area contributed by atoms with Crippen LogP contribution >= 0.6 is 0 Å². The minimum absolute atomic E-state index is 0.148. The first-order valence-corrected chi connectivity index (χ1v) is 9.11. The van der Waals surface area contributed by atoms with Crippen molar-refractivity contribution >= 4 is 10.0 Å². The monoisotopic (exact) mass is 358 g/mol. The molecule has 0 bridgehead atoms. The molecular formula is C18H18N2O4S. The quantitative estimate of drug-likeness (QED) is 0.732. The molecule has 0 unspecified atom stereocenters. The zero-order valence-corrected chi connectivity index (χ0v) is 14.7. The van der Waals surface area contributed by atoms with E-state index in [4.69, 9.17) is 9.15 Å². The van der Waals surface area contributed by atoms with Crippen LogP contribution in [-0.2, 0) is 16.6 Å². The summed E-state index contributed by atoms with van der Waals surface area (Å²) in [7, 11) is -2.16. The van der Waals surface area contributed by atoms with Crippen molar-refractivity contribution in [2.75, 3.05) is 7.11 Å². The van der Waals surface area contributed by atoms with E-state index in [1.54, 1.807) is 55.8 Å². The van der Waals surface area contributed by atoms with Crippen molar-refractivity contribution in [1.82, 2.24) is 9.71 Å². The molecule has 3 rings (SSSR count). The fourth-order valence-corrected chi connectivity index (χ4v) is 3.67. The van der Waals surface area contributed by atoms with Gasteiger partial charge in [-0.2, -0.15) is 0 Å². The molecule has 6 nitrogen and oxygen atoms in total. The Bertz CT molecular complexity index is 967. The summed E-state index contributed by atoms with van der Waals surface area (Å²) < 4.78 is 38.3. The Morgan fingerprint density at radius 3 is 2.76 bits per heavy atom. The van der Waals surface area contributed by atoms with Gasteiger partial charge in [0.05, 0.1) is 18.3 Å². The number of furan rings is 1. The second kappa shape index (κ2) is 7.08. The number of benzene rings is 1. The number of sulfonamides is 1. The lowest BCUT2D eigenvalue weighted by Gasteiger charge is -2.11. The molecule has 0 aliphatic heterocycles. The van der Waals surface area contributed by atoms with Crippen molar-refractivity contribution < 1.29 is 17.6 Å². The summed E-state index contributed by atoms with van der Waals surface area (Å²) in [6, 6.07) is 12.1. The minimum atomic E-state index is -3.66. The van der Waals surface area contributed by atoms with Gasteiger partial charge in [-0.15, -0.1) is 0 Å². The maximum absolute atomic E-state index is 12.6. The Morgan fingerprint density at radius 2 is 2.04 bits per heavy atom. The number of nitrogens with zero attached hydrogens (tertiary/aromatic N) is 1. The van der Waals surface area contributed by atoms with Gasteiger partial charge in [0.2, 0.25) is 10.0 Å². The third-order valence-corrected chi connectivity index (χ3v) is 5.29. The third kappa shape index (κ3) is 3.89. The van der Waals surface area contributed by atoms with Crippen LogP contribution in [0.1, 0.15) is 11.1 Å². The van der Waals surface area contributed by atoms with Crippen LogP contribution in [-0.4, -0.2) is 20.5 Å². The first-order valence-electron chi connectivity index (χ1n) is 7.63. The highest BCUT2D eigenvalue weighted by molar-refractivity contribution is 7.89. The Kier molecular flexibility index (Phi) is 4.87. The van der Waals surface area contributed by atoms with Crippen LogP contribution in [0.15, 0.2) is 64.2 Å². The SMILES string of the molecule is COc1ccc(C)c(S(=O)(=O)NCc2ccnc(-c3ccco3)c2)c1. The van der Waals surface area contributed by atoms with Gasteiger partial charge in [0.1, 0.15) is 11.4 Å². The molecule has 0 spiro atoms. The number of rotatable bonds is 6. The van der Waals surface area contributed by atoms with Gasteiger partial charge < -0.3 is 9.15 Å². The fourth-order valence-electron chi connectivity index (χ4n) is 2.40.